The van der Waals surface area contributed by atoms with Crippen LogP contribution in [0, 0.1) is 0 Å². The van der Waals surface area contributed by atoms with Crippen molar-refractivity contribution in [3.05, 3.63) is 96.7 Å². The number of ketones is 1. The number of carbonyl (C=O) groups is 3. The maximum atomic E-state index is 13.0. The lowest BCUT2D eigenvalue weighted by Gasteiger charge is -2.26. The highest BCUT2D eigenvalue weighted by atomic mass is 32.2. The van der Waals surface area contributed by atoms with E-state index in [0.717, 1.165) is 74.9 Å². The fraction of sp³-hybridized carbons (Fsp3) is 0.689. The third-order valence-corrected chi connectivity index (χ3v) is 13.7. The second kappa shape index (κ2) is 51.9. The monoisotopic (exact) mass is 1040 g/mol. The second-order valence-corrected chi connectivity index (χ2v) is 21.5. The summed E-state index contributed by atoms with van der Waals surface area (Å²) >= 11 is 1.86. The van der Waals surface area contributed by atoms with Crippen molar-refractivity contribution >= 4 is 39.5 Å². The summed E-state index contributed by atoms with van der Waals surface area (Å²) in [6.45, 7) is 12.9. The van der Waals surface area contributed by atoms with E-state index in [-0.39, 0.29) is 5.75 Å². The standard InChI is InChI=1S/C61H104N2O7S2/c1-6-10-14-18-22-25-28-32-36-40-55(64)50-62(51-56(65)41-37-33-29-26-23-19-15-11-7-2)45-47-71-60(69)49-59(68)61(70)72-48-46-63(52-57(66)42-38-34-30-27-24-20-16-12-8-3)53-58(67)44-43-54(5)39-35-31-21-17-13-9-4/h22-27,31-38,43,55-58,64-67H,6-21,28-30,39-42,44-53H2,1-5H3/b25-22-,26-23-,27-24-,35-31-,36-32-,37-33-,38-34-,54-43?. The minimum absolute atomic E-state index is 0.275. The van der Waals surface area contributed by atoms with Gasteiger partial charge in [0.15, 0.2) is 5.12 Å². The third-order valence-electron chi connectivity index (χ3n) is 12.0. The highest BCUT2D eigenvalue weighted by Gasteiger charge is 2.22. The molecule has 0 fully saturated rings. The van der Waals surface area contributed by atoms with Crippen LogP contribution < -0.4 is 0 Å². The van der Waals surface area contributed by atoms with Gasteiger partial charge in [-0.1, -0.05) is 199 Å². The first-order valence-corrected chi connectivity index (χ1v) is 30.2. The number of allylic oxidation sites excluding steroid dienone is 12. The van der Waals surface area contributed by atoms with Crippen molar-refractivity contribution in [3.63, 3.8) is 0 Å². The maximum absolute atomic E-state index is 13.0. The lowest BCUT2D eigenvalue weighted by Crippen LogP contribution is -2.39. The Morgan fingerprint density at radius 3 is 1.18 bits per heavy atom. The Balaban J connectivity index is 5.37. The van der Waals surface area contributed by atoms with Gasteiger partial charge in [0.25, 0.3) is 5.12 Å². The summed E-state index contributed by atoms with van der Waals surface area (Å²) < 4.78 is 0. The van der Waals surface area contributed by atoms with E-state index in [2.05, 4.69) is 108 Å². The van der Waals surface area contributed by atoms with E-state index in [1.54, 1.807) is 0 Å². The predicted molar refractivity (Wildman–Crippen MR) is 313 cm³/mol. The highest BCUT2D eigenvalue weighted by Crippen LogP contribution is 2.15. The molecule has 0 aromatic rings. The van der Waals surface area contributed by atoms with Crippen LogP contribution in [0.15, 0.2) is 96.7 Å². The summed E-state index contributed by atoms with van der Waals surface area (Å²) in [5.41, 5.74) is 1.19. The van der Waals surface area contributed by atoms with Gasteiger partial charge in [-0.2, -0.15) is 0 Å². The minimum atomic E-state index is -0.749. The molecule has 0 aliphatic carbocycles. The topological polar surface area (TPSA) is 139 Å². The summed E-state index contributed by atoms with van der Waals surface area (Å²) in [5, 5.41) is 42.8. The maximum Gasteiger partial charge on any atom is 0.255 e. The smallest absolute Gasteiger partial charge is 0.255 e. The van der Waals surface area contributed by atoms with Gasteiger partial charge < -0.3 is 20.4 Å². The molecule has 0 saturated heterocycles. The largest absolute Gasteiger partial charge is 0.391 e. The molecule has 4 unspecified atom stereocenters. The van der Waals surface area contributed by atoms with E-state index in [1.165, 1.54) is 82.6 Å². The molecule has 0 radical (unpaired) electrons. The van der Waals surface area contributed by atoms with Crippen molar-refractivity contribution < 1.29 is 34.8 Å². The van der Waals surface area contributed by atoms with Crippen molar-refractivity contribution in [2.45, 2.75) is 220 Å². The summed E-state index contributed by atoms with van der Waals surface area (Å²) in [4.78, 5) is 42.8. The molecule has 0 spiro atoms. The van der Waals surface area contributed by atoms with Crippen molar-refractivity contribution in [3.8, 4) is 0 Å². The van der Waals surface area contributed by atoms with Crippen LogP contribution in [0.5, 0.6) is 0 Å². The van der Waals surface area contributed by atoms with Gasteiger partial charge in [0, 0.05) is 50.8 Å². The van der Waals surface area contributed by atoms with Gasteiger partial charge in [-0.05, 0) is 110 Å². The molecule has 0 amide bonds. The summed E-state index contributed by atoms with van der Waals surface area (Å²) in [7, 11) is 0. The van der Waals surface area contributed by atoms with Gasteiger partial charge in [0.2, 0.25) is 5.78 Å². The normalized spacial score (nSPS) is 14.6. The van der Waals surface area contributed by atoms with Gasteiger partial charge in [0.1, 0.15) is 0 Å². The van der Waals surface area contributed by atoms with E-state index in [1.807, 2.05) is 28.0 Å². The van der Waals surface area contributed by atoms with Crippen molar-refractivity contribution in [1.29, 1.82) is 0 Å². The van der Waals surface area contributed by atoms with E-state index < -0.39 is 46.9 Å². The molecule has 11 heteroatoms. The Morgan fingerprint density at radius 1 is 0.444 bits per heavy atom. The Bertz CT molecular complexity index is 1530. The average Bonchev–Trinajstić information content (AvgIpc) is 3.35. The summed E-state index contributed by atoms with van der Waals surface area (Å²) in [5.74, 6) is -0.127. The molecular weight excluding hydrogens is 937 g/mol. The van der Waals surface area contributed by atoms with E-state index in [0.29, 0.717) is 70.7 Å². The first kappa shape index (κ1) is 69.4. The zero-order valence-corrected chi connectivity index (χ0v) is 47.7. The van der Waals surface area contributed by atoms with Gasteiger partial charge in [-0.3, -0.25) is 24.2 Å². The summed E-state index contributed by atoms with van der Waals surface area (Å²) in [6, 6.07) is 0. The SMILES string of the molecule is CCCCC/C=C\C/C=C\CC(O)CN(CCSC(=O)C(=O)CC(=O)SCCN(CC(O)C/C=C\C/C=C\CCCCC)CC(O)C/C=C\C/C=C\CCCCC)CC(O)CC=C(C)C/C=C\CCCCC. The van der Waals surface area contributed by atoms with E-state index in [4.69, 9.17) is 0 Å². The van der Waals surface area contributed by atoms with Gasteiger partial charge in [0.05, 0.1) is 30.8 Å². The molecule has 4 atom stereocenters. The van der Waals surface area contributed by atoms with Crippen LogP contribution in [0.25, 0.3) is 0 Å². The number of thioether (sulfide) groups is 2. The number of aliphatic hydroxyl groups excluding tert-OH is 4. The predicted octanol–water partition coefficient (Wildman–Crippen LogP) is 13.8. The number of rotatable bonds is 49. The lowest BCUT2D eigenvalue weighted by molar-refractivity contribution is -0.133. The van der Waals surface area contributed by atoms with Crippen molar-refractivity contribution in [2.24, 2.45) is 0 Å². The molecular formula is C61H104N2O7S2. The molecule has 0 aliphatic heterocycles. The molecule has 72 heavy (non-hydrogen) atoms. The van der Waals surface area contributed by atoms with Crippen molar-refractivity contribution in [1.82, 2.24) is 9.80 Å². The first-order valence-electron chi connectivity index (χ1n) is 28.2. The number of nitrogens with zero attached hydrogens (tertiary/aromatic N) is 2. The average molecular weight is 1040 g/mol. The van der Waals surface area contributed by atoms with Gasteiger partial charge >= 0.3 is 0 Å². The Morgan fingerprint density at radius 2 is 0.792 bits per heavy atom. The molecule has 412 valence electrons. The Labute approximate surface area is 449 Å². The molecule has 0 saturated carbocycles. The fourth-order valence-corrected chi connectivity index (χ4v) is 9.26. The van der Waals surface area contributed by atoms with Gasteiger partial charge in [-0.15, -0.1) is 0 Å². The Kier molecular flexibility index (Phi) is 50.0. The number of Topliss-reactive ketones (excluding diaryl/α,β-unsaturated/α-hetero) is 1. The van der Waals surface area contributed by atoms with Crippen LogP contribution in [0.4, 0.5) is 0 Å². The zero-order chi connectivity index (χ0) is 53.1. The molecule has 9 nitrogen and oxygen atoms in total. The number of aliphatic hydroxyl groups is 4. The van der Waals surface area contributed by atoms with Crippen LogP contribution in [-0.4, -0.2) is 121 Å². The Hall–Kier alpha value is -2.61. The number of carbonyl (C=O) groups excluding carboxylic acids is 3. The number of hydrogen-bond acceptors (Lipinski definition) is 11. The van der Waals surface area contributed by atoms with Crippen LogP contribution in [0.2, 0.25) is 0 Å². The van der Waals surface area contributed by atoms with Crippen LogP contribution in [-0.2, 0) is 14.4 Å². The molecule has 4 N–H and O–H groups in total. The van der Waals surface area contributed by atoms with Crippen LogP contribution in [0.1, 0.15) is 195 Å². The summed E-state index contributed by atoms with van der Waals surface area (Å²) in [6.07, 6.45) is 52.7. The third kappa shape index (κ3) is 47.1. The first-order chi connectivity index (χ1) is 34.9. The molecule has 0 aromatic heterocycles. The van der Waals surface area contributed by atoms with Crippen LogP contribution >= 0.6 is 23.5 Å². The number of unbranched alkanes of at least 4 members (excludes halogenated alkanes) is 12. The molecule has 0 rings (SSSR count). The minimum Gasteiger partial charge on any atom is -0.391 e. The van der Waals surface area contributed by atoms with E-state index in [9.17, 15) is 34.8 Å². The number of hydrogen-bond donors (Lipinski definition) is 4. The highest BCUT2D eigenvalue weighted by molar-refractivity contribution is 8.15. The molecule has 0 aromatic carbocycles. The zero-order valence-electron chi connectivity index (χ0n) is 46.0. The van der Waals surface area contributed by atoms with Crippen molar-refractivity contribution in [2.75, 3.05) is 50.8 Å². The van der Waals surface area contributed by atoms with Gasteiger partial charge in [-0.25, -0.2) is 0 Å². The van der Waals surface area contributed by atoms with Crippen LogP contribution in [0.3, 0.4) is 0 Å². The fourth-order valence-electron chi connectivity index (χ4n) is 7.68. The molecule has 0 bridgehead atoms. The quantitative estimate of drug-likeness (QED) is 0.0200. The van der Waals surface area contributed by atoms with E-state index >= 15 is 0 Å². The lowest BCUT2D eigenvalue weighted by atomic mass is 10.1. The molecule has 0 heterocycles. The second-order valence-electron chi connectivity index (χ2n) is 19.3. The molecule has 0 aliphatic rings.